The van der Waals surface area contributed by atoms with E-state index >= 15 is 0 Å². The van der Waals surface area contributed by atoms with Crippen molar-refractivity contribution in [1.29, 1.82) is 5.26 Å². The standard InChI is InChI=1S/C25H14Br2N2O2/c26-24-15-8-2-3-9-16(15)25(27,18-11-5-4-10-17(18)24)21-20(24)22(30)29(23(21)31)19-12-6-1-7-14(19)13-28/h1-12,20-21H. The van der Waals surface area contributed by atoms with Crippen LogP contribution >= 0.6 is 31.9 Å². The van der Waals surface area contributed by atoms with E-state index < -0.39 is 20.5 Å². The molecule has 2 amide bonds. The Morgan fingerprint density at radius 1 is 0.710 bits per heavy atom. The summed E-state index contributed by atoms with van der Waals surface area (Å²) in [6.45, 7) is 0. The van der Waals surface area contributed by atoms with Crippen molar-refractivity contribution in [3.8, 4) is 6.07 Å². The SMILES string of the molecule is N#Cc1ccccc1N1C(=O)C2C(C1=O)C1(Br)c3ccccc3C2(Br)c2ccccc21. The number of imide groups is 1. The zero-order chi connectivity index (χ0) is 21.5. The average Bonchev–Trinajstić information content (AvgIpc) is 3.08. The predicted octanol–water partition coefficient (Wildman–Crippen LogP) is 4.97. The number of nitrogens with zero attached hydrogens (tertiary/aromatic N) is 2. The maximum atomic E-state index is 13.9. The van der Waals surface area contributed by atoms with Crippen molar-refractivity contribution in [2.24, 2.45) is 11.8 Å². The third kappa shape index (κ3) is 2.04. The van der Waals surface area contributed by atoms with Crippen molar-refractivity contribution in [2.75, 3.05) is 4.90 Å². The Bertz CT molecular complexity index is 1240. The number of para-hydroxylation sites is 1. The Hall–Kier alpha value is -2.75. The molecule has 0 radical (unpaired) electrons. The normalized spacial score (nSPS) is 29.9. The van der Waals surface area contributed by atoms with Gasteiger partial charge in [-0.05, 0) is 34.4 Å². The fourth-order valence-corrected chi connectivity index (χ4v) is 7.97. The van der Waals surface area contributed by atoms with Crippen LogP contribution < -0.4 is 4.90 Å². The van der Waals surface area contributed by atoms with Gasteiger partial charge in [0.25, 0.3) is 0 Å². The van der Waals surface area contributed by atoms with Gasteiger partial charge in [-0.25, -0.2) is 4.90 Å². The number of amides is 2. The second-order valence-corrected chi connectivity index (χ2v) is 10.6. The van der Waals surface area contributed by atoms with E-state index in [2.05, 4.69) is 37.9 Å². The zero-order valence-corrected chi connectivity index (χ0v) is 19.2. The number of benzene rings is 3. The van der Waals surface area contributed by atoms with Crippen molar-refractivity contribution in [1.82, 2.24) is 0 Å². The Morgan fingerprint density at radius 3 is 1.52 bits per heavy atom. The molecule has 1 heterocycles. The van der Waals surface area contributed by atoms with E-state index in [9.17, 15) is 14.9 Å². The number of anilines is 1. The molecule has 4 aliphatic rings. The number of alkyl halides is 2. The maximum absolute atomic E-state index is 13.9. The molecule has 1 saturated heterocycles. The monoisotopic (exact) mass is 532 g/mol. The van der Waals surface area contributed by atoms with Crippen LogP contribution in [0.5, 0.6) is 0 Å². The number of hydrogen-bond acceptors (Lipinski definition) is 3. The average molecular weight is 534 g/mol. The Labute approximate surface area is 195 Å². The molecule has 1 aliphatic heterocycles. The molecule has 0 saturated carbocycles. The summed E-state index contributed by atoms with van der Waals surface area (Å²) in [5, 5.41) is 9.59. The number of carbonyl (C=O) groups is 2. The van der Waals surface area contributed by atoms with Crippen LogP contribution in [0, 0.1) is 23.2 Å². The quantitative estimate of drug-likeness (QED) is 0.328. The van der Waals surface area contributed by atoms with Crippen molar-refractivity contribution in [3.63, 3.8) is 0 Å². The fourth-order valence-electron chi connectivity index (χ4n) is 5.67. The Morgan fingerprint density at radius 2 is 1.10 bits per heavy atom. The highest BCUT2D eigenvalue weighted by Crippen LogP contribution is 2.70. The Kier molecular flexibility index (Phi) is 3.77. The maximum Gasteiger partial charge on any atom is 0.239 e. The lowest BCUT2D eigenvalue weighted by atomic mass is 9.54. The van der Waals surface area contributed by atoms with E-state index in [0.717, 1.165) is 22.3 Å². The fraction of sp³-hybridized carbons (Fsp3) is 0.160. The third-order valence-electron chi connectivity index (χ3n) is 6.85. The van der Waals surface area contributed by atoms with Gasteiger partial charge in [-0.1, -0.05) is 92.5 Å². The zero-order valence-electron chi connectivity index (χ0n) is 16.0. The molecule has 4 nitrogen and oxygen atoms in total. The van der Waals surface area contributed by atoms with Gasteiger partial charge in [0, 0.05) is 0 Å². The molecule has 2 bridgehead atoms. The molecule has 0 aromatic heterocycles. The second-order valence-electron chi connectivity index (χ2n) is 8.11. The number of carbonyl (C=O) groups excluding carboxylic acids is 2. The van der Waals surface area contributed by atoms with E-state index in [-0.39, 0.29) is 11.8 Å². The summed E-state index contributed by atoms with van der Waals surface area (Å²) in [7, 11) is 0. The van der Waals surface area contributed by atoms with E-state index in [1.54, 1.807) is 24.3 Å². The first kappa shape index (κ1) is 19.0. The molecular weight excluding hydrogens is 520 g/mol. The van der Waals surface area contributed by atoms with Gasteiger partial charge in [0.2, 0.25) is 11.8 Å². The lowest BCUT2D eigenvalue weighted by molar-refractivity contribution is -0.122. The second kappa shape index (κ2) is 6.15. The number of halogens is 2. The first-order valence-electron chi connectivity index (χ1n) is 9.90. The number of hydrogen-bond donors (Lipinski definition) is 0. The van der Waals surface area contributed by atoms with Crippen LogP contribution in [0.1, 0.15) is 27.8 Å². The van der Waals surface area contributed by atoms with Gasteiger partial charge in [-0.3, -0.25) is 9.59 Å². The predicted molar refractivity (Wildman–Crippen MR) is 123 cm³/mol. The minimum Gasteiger partial charge on any atom is -0.274 e. The summed E-state index contributed by atoms with van der Waals surface area (Å²) < 4.78 is -1.66. The third-order valence-corrected chi connectivity index (χ3v) is 9.55. The van der Waals surface area contributed by atoms with E-state index in [0.29, 0.717) is 11.3 Å². The van der Waals surface area contributed by atoms with Crippen molar-refractivity contribution in [3.05, 3.63) is 101 Å². The van der Waals surface area contributed by atoms with Crippen LogP contribution in [0.2, 0.25) is 0 Å². The lowest BCUT2D eigenvalue weighted by Crippen LogP contribution is -2.56. The summed E-state index contributed by atoms with van der Waals surface area (Å²) in [6, 6.07) is 24.8. The molecule has 3 aromatic rings. The summed E-state index contributed by atoms with van der Waals surface area (Å²) in [5.74, 6) is -1.86. The van der Waals surface area contributed by atoms with Gasteiger partial charge in [0.1, 0.15) is 6.07 Å². The summed E-state index contributed by atoms with van der Waals surface area (Å²) in [4.78, 5) is 29.1. The number of rotatable bonds is 1. The van der Waals surface area contributed by atoms with Crippen LogP contribution in [0.3, 0.4) is 0 Å². The molecule has 150 valence electrons. The molecule has 31 heavy (non-hydrogen) atoms. The van der Waals surface area contributed by atoms with E-state index in [1.165, 1.54) is 4.90 Å². The molecule has 7 rings (SSSR count). The van der Waals surface area contributed by atoms with Crippen LogP contribution in [-0.4, -0.2) is 11.8 Å². The largest absolute Gasteiger partial charge is 0.274 e. The summed E-state index contributed by atoms with van der Waals surface area (Å²) in [6.07, 6.45) is 0. The molecule has 0 N–H and O–H groups in total. The van der Waals surface area contributed by atoms with Gasteiger partial charge in [0.05, 0.1) is 31.7 Å². The highest BCUT2D eigenvalue weighted by atomic mass is 79.9. The smallest absolute Gasteiger partial charge is 0.239 e. The van der Waals surface area contributed by atoms with Gasteiger partial charge >= 0.3 is 0 Å². The van der Waals surface area contributed by atoms with Crippen molar-refractivity contribution >= 4 is 49.4 Å². The molecule has 6 heteroatoms. The van der Waals surface area contributed by atoms with Crippen molar-refractivity contribution in [2.45, 2.75) is 8.65 Å². The van der Waals surface area contributed by atoms with Crippen molar-refractivity contribution < 1.29 is 9.59 Å². The highest BCUT2D eigenvalue weighted by molar-refractivity contribution is 9.10. The van der Waals surface area contributed by atoms with Crippen LogP contribution in [0.15, 0.2) is 72.8 Å². The van der Waals surface area contributed by atoms with Gasteiger partial charge in [-0.2, -0.15) is 5.26 Å². The van der Waals surface area contributed by atoms with Crippen LogP contribution in [0.4, 0.5) is 5.69 Å². The first-order valence-corrected chi connectivity index (χ1v) is 11.5. The molecule has 0 spiro atoms. The topological polar surface area (TPSA) is 61.2 Å². The highest BCUT2D eigenvalue weighted by Gasteiger charge is 2.72. The summed E-state index contributed by atoms with van der Waals surface area (Å²) in [5.41, 5.74) is 4.60. The van der Waals surface area contributed by atoms with E-state index in [1.807, 2.05) is 48.5 Å². The minimum atomic E-state index is -0.830. The van der Waals surface area contributed by atoms with E-state index in [4.69, 9.17) is 0 Å². The van der Waals surface area contributed by atoms with Gasteiger partial charge in [-0.15, -0.1) is 0 Å². The molecule has 3 aromatic carbocycles. The number of nitriles is 1. The molecule has 2 atom stereocenters. The van der Waals surface area contributed by atoms with Crippen LogP contribution in [-0.2, 0) is 18.2 Å². The van der Waals surface area contributed by atoms with Gasteiger partial charge in [0.15, 0.2) is 0 Å². The molecule has 1 fully saturated rings. The van der Waals surface area contributed by atoms with Crippen LogP contribution in [0.25, 0.3) is 0 Å². The first-order chi connectivity index (χ1) is 15.0. The van der Waals surface area contributed by atoms with Gasteiger partial charge < -0.3 is 0 Å². The Balaban J connectivity index is 1.68. The molecule has 2 unspecified atom stereocenters. The molecule has 3 aliphatic carbocycles. The molecular formula is C25H14Br2N2O2. The minimum absolute atomic E-state index is 0.289. The summed E-state index contributed by atoms with van der Waals surface area (Å²) >= 11 is 7.96. The lowest BCUT2D eigenvalue weighted by Gasteiger charge is -2.55.